The number of benzene rings is 1. The van der Waals surface area contributed by atoms with Crippen molar-refractivity contribution in [1.82, 2.24) is 5.32 Å². The molecule has 0 radical (unpaired) electrons. The van der Waals surface area contributed by atoms with Gasteiger partial charge in [0.1, 0.15) is 5.82 Å². The lowest BCUT2D eigenvalue weighted by Crippen LogP contribution is -2.42. The normalized spacial score (nSPS) is 23.0. The Morgan fingerprint density at radius 2 is 2.44 bits per heavy atom. The van der Waals surface area contributed by atoms with Crippen LogP contribution in [0.2, 0.25) is 0 Å². The van der Waals surface area contributed by atoms with E-state index in [9.17, 15) is 4.39 Å². The average Bonchev–Trinajstić information content (AvgIpc) is 2.30. The summed E-state index contributed by atoms with van der Waals surface area (Å²) in [6.45, 7) is 2.30. The maximum Gasteiger partial charge on any atom is 0.123 e. The second kappa shape index (κ2) is 5.39. The topological polar surface area (TPSA) is 47.3 Å². The summed E-state index contributed by atoms with van der Waals surface area (Å²) in [5, 5.41) is 3.34. The monoisotopic (exact) mass is 224 g/mol. The zero-order chi connectivity index (χ0) is 11.4. The molecule has 2 atom stereocenters. The molecule has 0 saturated carbocycles. The fraction of sp³-hybridized carbons (Fsp3) is 0.500. The minimum Gasteiger partial charge on any atom is -0.379 e. The third-order valence-electron chi connectivity index (χ3n) is 2.81. The van der Waals surface area contributed by atoms with Crippen LogP contribution in [-0.2, 0) is 4.74 Å². The Morgan fingerprint density at radius 1 is 1.56 bits per heavy atom. The molecule has 1 aliphatic heterocycles. The quantitative estimate of drug-likeness (QED) is 0.811. The molecular weight excluding hydrogens is 207 g/mol. The minimum absolute atomic E-state index is 0.144. The Balaban J connectivity index is 1.94. The van der Waals surface area contributed by atoms with Gasteiger partial charge in [-0.15, -0.1) is 0 Å². The fourth-order valence-corrected chi connectivity index (χ4v) is 1.95. The van der Waals surface area contributed by atoms with E-state index >= 15 is 0 Å². The number of nitrogens with one attached hydrogen (secondary N) is 1. The van der Waals surface area contributed by atoms with E-state index in [-0.39, 0.29) is 17.9 Å². The van der Waals surface area contributed by atoms with Gasteiger partial charge in [0.2, 0.25) is 0 Å². The van der Waals surface area contributed by atoms with Crippen LogP contribution < -0.4 is 11.1 Å². The van der Waals surface area contributed by atoms with Crippen molar-refractivity contribution < 1.29 is 9.13 Å². The van der Waals surface area contributed by atoms with Crippen molar-refractivity contribution in [3.8, 4) is 0 Å². The van der Waals surface area contributed by atoms with Crippen LogP contribution in [0.5, 0.6) is 0 Å². The predicted molar refractivity (Wildman–Crippen MR) is 60.6 cm³/mol. The smallest absolute Gasteiger partial charge is 0.123 e. The molecule has 16 heavy (non-hydrogen) atoms. The molecule has 3 N–H and O–H groups in total. The first-order valence-corrected chi connectivity index (χ1v) is 5.58. The molecule has 2 unspecified atom stereocenters. The van der Waals surface area contributed by atoms with Crippen LogP contribution in [0.1, 0.15) is 18.0 Å². The fourth-order valence-electron chi connectivity index (χ4n) is 1.95. The van der Waals surface area contributed by atoms with Gasteiger partial charge in [0.05, 0.1) is 13.2 Å². The first kappa shape index (κ1) is 11.5. The van der Waals surface area contributed by atoms with Crippen molar-refractivity contribution in [3.05, 3.63) is 35.6 Å². The van der Waals surface area contributed by atoms with Gasteiger partial charge in [-0.25, -0.2) is 4.39 Å². The number of nitrogens with two attached hydrogens (primary N) is 1. The van der Waals surface area contributed by atoms with Crippen LogP contribution in [0.15, 0.2) is 24.3 Å². The summed E-state index contributed by atoms with van der Waals surface area (Å²) in [5.74, 6) is -0.235. The number of rotatable bonds is 3. The molecule has 1 heterocycles. The molecule has 0 amide bonds. The molecule has 4 heteroatoms. The highest BCUT2D eigenvalue weighted by Crippen LogP contribution is 2.17. The summed E-state index contributed by atoms with van der Waals surface area (Å²) in [6.07, 6.45) is 0.767. The highest BCUT2D eigenvalue weighted by atomic mass is 19.1. The van der Waals surface area contributed by atoms with E-state index in [1.807, 2.05) is 6.07 Å². The van der Waals surface area contributed by atoms with Gasteiger partial charge in [-0.3, -0.25) is 0 Å². The molecule has 1 aromatic carbocycles. The van der Waals surface area contributed by atoms with Crippen LogP contribution in [0.4, 0.5) is 4.39 Å². The molecule has 1 aromatic rings. The van der Waals surface area contributed by atoms with Gasteiger partial charge in [0.15, 0.2) is 0 Å². The molecule has 0 bridgehead atoms. The van der Waals surface area contributed by atoms with E-state index in [1.165, 1.54) is 12.1 Å². The molecular formula is C12H17FN2O. The summed E-state index contributed by atoms with van der Waals surface area (Å²) in [7, 11) is 0. The Labute approximate surface area is 94.8 Å². The standard InChI is InChI=1S/C12H17FN2O/c13-10-3-1-2-9(6-10)12(14)7-11-8-16-5-4-15-11/h1-3,6,11-12,15H,4-5,7-8,14H2. The van der Waals surface area contributed by atoms with Gasteiger partial charge in [-0.1, -0.05) is 12.1 Å². The van der Waals surface area contributed by atoms with Crippen LogP contribution in [0.3, 0.4) is 0 Å². The maximum absolute atomic E-state index is 13.0. The van der Waals surface area contributed by atoms with Crippen molar-refractivity contribution in [1.29, 1.82) is 0 Å². The van der Waals surface area contributed by atoms with E-state index in [2.05, 4.69) is 5.32 Å². The molecule has 88 valence electrons. The Morgan fingerprint density at radius 3 is 3.12 bits per heavy atom. The Kier molecular flexibility index (Phi) is 3.88. The molecule has 1 saturated heterocycles. The second-order valence-corrected chi connectivity index (χ2v) is 4.12. The lowest BCUT2D eigenvalue weighted by atomic mass is 10.00. The van der Waals surface area contributed by atoms with Crippen LogP contribution >= 0.6 is 0 Å². The van der Waals surface area contributed by atoms with Crippen LogP contribution in [0.25, 0.3) is 0 Å². The van der Waals surface area contributed by atoms with Gasteiger partial charge in [0.25, 0.3) is 0 Å². The van der Waals surface area contributed by atoms with E-state index in [0.29, 0.717) is 6.61 Å². The SMILES string of the molecule is NC(CC1COCCN1)c1cccc(F)c1. The number of ether oxygens (including phenoxy) is 1. The lowest BCUT2D eigenvalue weighted by Gasteiger charge is -2.26. The zero-order valence-electron chi connectivity index (χ0n) is 9.16. The summed E-state index contributed by atoms with van der Waals surface area (Å²) in [5.41, 5.74) is 6.87. The average molecular weight is 224 g/mol. The second-order valence-electron chi connectivity index (χ2n) is 4.12. The van der Waals surface area contributed by atoms with Crippen molar-refractivity contribution in [3.63, 3.8) is 0 Å². The predicted octanol–water partition coefficient (Wildman–Crippen LogP) is 1.20. The third kappa shape index (κ3) is 3.01. The Hall–Kier alpha value is -0.970. The van der Waals surface area contributed by atoms with E-state index < -0.39 is 0 Å². The molecule has 2 rings (SSSR count). The molecule has 0 aliphatic carbocycles. The van der Waals surface area contributed by atoms with Gasteiger partial charge in [0, 0.05) is 18.6 Å². The summed E-state index contributed by atoms with van der Waals surface area (Å²) in [6, 6.07) is 6.60. The summed E-state index contributed by atoms with van der Waals surface area (Å²) < 4.78 is 18.4. The van der Waals surface area contributed by atoms with Crippen molar-refractivity contribution in [2.45, 2.75) is 18.5 Å². The van der Waals surface area contributed by atoms with Crippen molar-refractivity contribution >= 4 is 0 Å². The molecule has 0 aromatic heterocycles. The summed E-state index contributed by atoms with van der Waals surface area (Å²) in [4.78, 5) is 0. The Bertz CT molecular complexity index is 340. The van der Waals surface area contributed by atoms with Crippen molar-refractivity contribution in [2.24, 2.45) is 5.73 Å². The molecule has 0 spiro atoms. The van der Waals surface area contributed by atoms with Crippen LogP contribution in [-0.4, -0.2) is 25.8 Å². The molecule has 1 fully saturated rings. The van der Waals surface area contributed by atoms with Gasteiger partial charge in [-0.2, -0.15) is 0 Å². The highest BCUT2D eigenvalue weighted by molar-refractivity contribution is 5.19. The number of morpholine rings is 1. The van der Waals surface area contributed by atoms with E-state index in [4.69, 9.17) is 10.5 Å². The highest BCUT2D eigenvalue weighted by Gasteiger charge is 2.17. The largest absolute Gasteiger partial charge is 0.379 e. The summed E-state index contributed by atoms with van der Waals surface area (Å²) >= 11 is 0. The van der Waals surface area contributed by atoms with Gasteiger partial charge >= 0.3 is 0 Å². The number of hydrogen-bond donors (Lipinski definition) is 2. The van der Waals surface area contributed by atoms with Gasteiger partial charge < -0.3 is 15.8 Å². The number of halogens is 1. The maximum atomic E-state index is 13.0. The first-order chi connectivity index (χ1) is 7.75. The molecule has 3 nitrogen and oxygen atoms in total. The number of hydrogen-bond acceptors (Lipinski definition) is 3. The van der Waals surface area contributed by atoms with E-state index in [0.717, 1.165) is 25.1 Å². The first-order valence-electron chi connectivity index (χ1n) is 5.58. The van der Waals surface area contributed by atoms with Gasteiger partial charge in [-0.05, 0) is 24.1 Å². The molecule has 1 aliphatic rings. The minimum atomic E-state index is -0.235. The van der Waals surface area contributed by atoms with E-state index in [1.54, 1.807) is 6.07 Å². The third-order valence-corrected chi connectivity index (χ3v) is 2.81. The lowest BCUT2D eigenvalue weighted by molar-refractivity contribution is 0.0720. The van der Waals surface area contributed by atoms with Crippen LogP contribution in [0, 0.1) is 5.82 Å². The zero-order valence-corrected chi connectivity index (χ0v) is 9.16. The van der Waals surface area contributed by atoms with Crippen molar-refractivity contribution in [2.75, 3.05) is 19.8 Å².